The summed E-state index contributed by atoms with van der Waals surface area (Å²) in [5.74, 6) is -2.06. The molecule has 4 nitrogen and oxygen atoms in total. The molecule has 10 heteroatoms. The predicted molar refractivity (Wildman–Crippen MR) is 78.9 cm³/mol. The number of ether oxygens (including phenoxy) is 1. The molecule has 0 aliphatic heterocycles. The number of carbonyl (C=O) groups is 2. The molecule has 1 aromatic rings. The number of alkyl halides is 6. The highest BCUT2D eigenvalue weighted by atomic mass is 19.4. The lowest BCUT2D eigenvalue weighted by Crippen LogP contribution is -2.45. The molecule has 0 spiro atoms. The summed E-state index contributed by atoms with van der Waals surface area (Å²) in [5.41, 5.74) is -3.50. The summed E-state index contributed by atoms with van der Waals surface area (Å²) in [6, 6.07) is -0.151. The Bertz CT molecular complexity index is 635. The third-order valence-electron chi connectivity index (χ3n) is 3.45. The average Bonchev–Trinajstić information content (AvgIpc) is 2.49. The third-order valence-corrected chi connectivity index (χ3v) is 3.45. The zero-order chi connectivity index (χ0) is 20.3. The molecule has 0 aliphatic rings. The molecule has 0 bridgehead atoms. The number of esters is 1. The summed E-state index contributed by atoms with van der Waals surface area (Å²) >= 11 is 0. The van der Waals surface area contributed by atoms with Gasteiger partial charge in [-0.1, -0.05) is 13.8 Å². The molecular weight excluding hydrogens is 368 g/mol. The van der Waals surface area contributed by atoms with E-state index in [-0.39, 0.29) is 6.07 Å². The molecule has 0 saturated heterocycles. The standard InChI is InChI=1S/C16H17F6NO3/c1-8(2)13(14(25)26-3)23-12(24)6-9-4-10(15(17,18)19)7-11(5-9)16(20,21)22/h4-5,7-8,13H,6H2,1-3H3,(H,23,24)/t13-/m0/s1. The van der Waals surface area contributed by atoms with E-state index in [2.05, 4.69) is 10.1 Å². The highest BCUT2D eigenvalue weighted by Gasteiger charge is 2.37. The fraction of sp³-hybridized carbons (Fsp3) is 0.500. The lowest BCUT2D eigenvalue weighted by atomic mass is 10.0. The molecule has 1 rings (SSSR count). The number of methoxy groups -OCH3 is 1. The Labute approximate surface area is 145 Å². The summed E-state index contributed by atoms with van der Waals surface area (Å²) in [5, 5.41) is 2.26. The summed E-state index contributed by atoms with van der Waals surface area (Å²) in [6.07, 6.45) is -10.8. The fourth-order valence-corrected chi connectivity index (χ4v) is 2.16. The van der Waals surface area contributed by atoms with Crippen molar-refractivity contribution in [2.75, 3.05) is 7.11 Å². The number of benzene rings is 1. The Morgan fingerprint density at radius 2 is 1.46 bits per heavy atom. The maximum atomic E-state index is 12.8. The molecule has 1 atom stereocenters. The number of amides is 1. The van der Waals surface area contributed by atoms with Crippen LogP contribution in [0.3, 0.4) is 0 Å². The van der Waals surface area contributed by atoms with E-state index in [4.69, 9.17) is 0 Å². The van der Waals surface area contributed by atoms with Crippen LogP contribution in [0.5, 0.6) is 0 Å². The summed E-state index contributed by atoms with van der Waals surface area (Å²) in [7, 11) is 1.09. The third kappa shape index (κ3) is 5.92. The highest BCUT2D eigenvalue weighted by molar-refractivity contribution is 5.85. The quantitative estimate of drug-likeness (QED) is 0.623. The summed E-state index contributed by atoms with van der Waals surface area (Å²) in [4.78, 5) is 23.6. The van der Waals surface area contributed by atoms with E-state index in [0.717, 1.165) is 7.11 Å². The van der Waals surface area contributed by atoms with Crippen LogP contribution in [0.2, 0.25) is 0 Å². The largest absolute Gasteiger partial charge is 0.467 e. The van der Waals surface area contributed by atoms with Gasteiger partial charge in [0, 0.05) is 0 Å². The van der Waals surface area contributed by atoms with Crippen LogP contribution in [0.1, 0.15) is 30.5 Å². The zero-order valence-electron chi connectivity index (χ0n) is 14.1. The van der Waals surface area contributed by atoms with E-state index in [0.29, 0.717) is 12.1 Å². The number of halogens is 6. The number of hydrogen-bond acceptors (Lipinski definition) is 3. The van der Waals surface area contributed by atoms with Crippen molar-refractivity contribution in [3.63, 3.8) is 0 Å². The Morgan fingerprint density at radius 1 is 1.00 bits per heavy atom. The van der Waals surface area contributed by atoms with Crippen LogP contribution >= 0.6 is 0 Å². The first-order chi connectivity index (χ1) is 11.8. The van der Waals surface area contributed by atoms with Gasteiger partial charge < -0.3 is 10.1 Å². The first-order valence-electron chi connectivity index (χ1n) is 7.41. The van der Waals surface area contributed by atoms with Crippen LogP contribution in [0.25, 0.3) is 0 Å². The van der Waals surface area contributed by atoms with Gasteiger partial charge in [-0.25, -0.2) is 4.79 Å². The molecule has 0 saturated carbocycles. The van der Waals surface area contributed by atoms with Crippen LogP contribution in [-0.4, -0.2) is 25.0 Å². The molecule has 1 aromatic carbocycles. The molecule has 0 radical (unpaired) electrons. The molecule has 1 N–H and O–H groups in total. The maximum Gasteiger partial charge on any atom is 0.416 e. The number of rotatable bonds is 5. The van der Waals surface area contributed by atoms with E-state index in [1.54, 1.807) is 13.8 Å². The van der Waals surface area contributed by atoms with Crippen LogP contribution in [0.4, 0.5) is 26.3 Å². The van der Waals surface area contributed by atoms with Gasteiger partial charge in [-0.3, -0.25) is 4.79 Å². The van der Waals surface area contributed by atoms with Crippen molar-refractivity contribution in [1.29, 1.82) is 0 Å². The molecule has 1 amide bonds. The second kappa shape index (κ2) is 7.96. The monoisotopic (exact) mass is 385 g/mol. The SMILES string of the molecule is COC(=O)[C@@H](NC(=O)Cc1cc(C(F)(F)F)cc(C(F)(F)F)c1)C(C)C. The minimum absolute atomic E-state index is 0.0211. The molecule has 146 valence electrons. The molecular formula is C16H17F6NO3. The van der Waals surface area contributed by atoms with Crippen molar-refractivity contribution in [3.8, 4) is 0 Å². The van der Waals surface area contributed by atoms with E-state index in [1.165, 1.54) is 0 Å². The van der Waals surface area contributed by atoms with E-state index in [9.17, 15) is 35.9 Å². The van der Waals surface area contributed by atoms with Gasteiger partial charge in [0.05, 0.1) is 24.7 Å². The van der Waals surface area contributed by atoms with E-state index < -0.39 is 59.3 Å². The van der Waals surface area contributed by atoms with Crippen molar-refractivity contribution >= 4 is 11.9 Å². The van der Waals surface area contributed by atoms with Gasteiger partial charge in [0.15, 0.2) is 0 Å². The molecule has 26 heavy (non-hydrogen) atoms. The Balaban J connectivity index is 3.11. The number of carbonyl (C=O) groups excluding carboxylic acids is 2. The topological polar surface area (TPSA) is 55.4 Å². The van der Waals surface area contributed by atoms with Gasteiger partial charge in [0.25, 0.3) is 0 Å². The summed E-state index contributed by atoms with van der Waals surface area (Å²) < 4.78 is 81.4. The van der Waals surface area contributed by atoms with Gasteiger partial charge in [0.1, 0.15) is 6.04 Å². The molecule has 0 fully saturated rings. The lowest BCUT2D eigenvalue weighted by Gasteiger charge is -2.20. The van der Waals surface area contributed by atoms with Crippen LogP contribution in [-0.2, 0) is 33.1 Å². The van der Waals surface area contributed by atoms with Crippen molar-refractivity contribution in [2.45, 2.75) is 38.7 Å². The van der Waals surface area contributed by atoms with Crippen LogP contribution in [0.15, 0.2) is 18.2 Å². The lowest BCUT2D eigenvalue weighted by molar-refractivity contribution is -0.146. The Hall–Kier alpha value is -2.26. The van der Waals surface area contributed by atoms with Gasteiger partial charge >= 0.3 is 18.3 Å². The smallest absolute Gasteiger partial charge is 0.416 e. The second-order valence-electron chi connectivity index (χ2n) is 5.90. The van der Waals surface area contributed by atoms with Crippen LogP contribution in [0, 0.1) is 5.92 Å². The molecule has 0 heterocycles. The normalized spacial score (nSPS) is 13.5. The zero-order valence-corrected chi connectivity index (χ0v) is 14.1. The van der Waals surface area contributed by atoms with E-state index >= 15 is 0 Å². The Morgan fingerprint density at radius 3 is 1.81 bits per heavy atom. The van der Waals surface area contributed by atoms with Gasteiger partial charge in [0.2, 0.25) is 5.91 Å². The van der Waals surface area contributed by atoms with Gasteiger partial charge in [-0.2, -0.15) is 26.3 Å². The summed E-state index contributed by atoms with van der Waals surface area (Å²) in [6.45, 7) is 3.18. The number of hydrogen-bond donors (Lipinski definition) is 1. The van der Waals surface area contributed by atoms with Crippen molar-refractivity contribution < 1.29 is 40.7 Å². The van der Waals surface area contributed by atoms with E-state index in [1.807, 2.05) is 0 Å². The maximum absolute atomic E-state index is 12.8. The first kappa shape index (κ1) is 21.8. The molecule has 0 aromatic heterocycles. The minimum atomic E-state index is -5.00. The average molecular weight is 385 g/mol. The minimum Gasteiger partial charge on any atom is -0.467 e. The first-order valence-corrected chi connectivity index (χ1v) is 7.41. The van der Waals surface area contributed by atoms with Gasteiger partial charge in [-0.05, 0) is 29.7 Å². The van der Waals surface area contributed by atoms with Crippen molar-refractivity contribution in [3.05, 3.63) is 34.9 Å². The highest BCUT2D eigenvalue weighted by Crippen LogP contribution is 2.36. The van der Waals surface area contributed by atoms with Crippen molar-refractivity contribution in [2.24, 2.45) is 5.92 Å². The second-order valence-corrected chi connectivity index (χ2v) is 5.90. The Kier molecular flexibility index (Phi) is 6.67. The molecule has 0 aliphatic carbocycles. The number of nitrogens with one attached hydrogen (secondary N) is 1. The predicted octanol–water partition coefficient (Wildman–Crippen LogP) is 3.58. The fourth-order valence-electron chi connectivity index (χ4n) is 2.16. The van der Waals surface area contributed by atoms with Crippen LogP contribution < -0.4 is 5.32 Å². The van der Waals surface area contributed by atoms with Gasteiger partial charge in [-0.15, -0.1) is 0 Å². The molecule has 0 unspecified atom stereocenters. The van der Waals surface area contributed by atoms with Crippen molar-refractivity contribution in [1.82, 2.24) is 5.32 Å².